The standard InChI is InChI=1S/C21H26N8/c1-13-12-28(9-8-22-13)18-7-2-14(10-23-18)19-20-17(26-27-19)11-24-21(25-20)29-15-3-4-16(29)6-5-15/h2,7,10-11,13,15-16,22H,3-6,8-9,12H2,1H3,(H,26,27)/t13-,15?,16?/m1/s1. The molecule has 0 spiro atoms. The molecule has 29 heavy (non-hydrogen) atoms. The third kappa shape index (κ3) is 2.85. The van der Waals surface area contributed by atoms with Gasteiger partial charge in [-0.05, 0) is 44.7 Å². The Hall–Kier alpha value is -2.74. The van der Waals surface area contributed by atoms with E-state index in [-0.39, 0.29) is 0 Å². The molecule has 150 valence electrons. The van der Waals surface area contributed by atoms with Crippen molar-refractivity contribution in [3.63, 3.8) is 0 Å². The normalized spacial score (nSPS) is 26.6. The summed E-state index contributed by atoms with van der Waals surface area (Å²) in [6.45, 7) is 5.16. The summed E-state index contributed by atoms with van der Waals surface area (Å²) in [5.74, 6) is 1.87. The monoisotopic (exact) mass is 390 g/mol. The molecule has 0 saturated carbocycles. The molecule has 0 radical (unpaired) electrons. The van der Waals surface area contributed by atoms with Crippen LogP contribution in [0.25, 0.3) is 22.3 Å². The zero-order valence-corrected chi connectivity index (χ0v) is 16.7. The summed E-state index contributed by atoms with van der Waals surface area (Å²) in [5, 5.41) is 11.1. The third-order valence-electron chi connectivity index (χ3n) is 6.69. The summed E-state index contributed by atoms with van der Waals surface area (Å²) in [6.07, 6.45) is 8.84. The Kier molecular flexibility index (Phi) is 3.94. The molecule has 0 aromatic carbocycles. The highest BCUT2D eigenvalue weighted by Gasteiger charge is 2.40. The Morgan fingerprint density at radius 3 is 2.59 bits per heavy atom. The molecule has 8 heteroatoms. The lowest BCUT2D eigenvalue weighted by molar-refractivity contribution is 0.482. The van der Waals surface area contributed by atoms with Crippen molar-refractivity contribution in [2.24, 2.45) is 0 Å². The van der Waals surface area contributed by atoms with E-state index in [0.29, 0.717) is 18.1 Å². The van der Waals surface area contributed by atoms with E-state index in [1.807, 2.05) is 12.4 Å². The number of hydrogen-bond acceptors (Lipinski definition) is 7. The number of H-pyrrole nitrogens is 1. The van der Waals surface area contributed by atoms with E-state index in [4.69, 9.17) is 9.97 Å². The first-order valence-electron chi connectivity index (χ1n) is 10.7. The molecule has 1 atom stereocenters. The lowest BCUT2D eigenvalue weighted by atomic mass is 10.0. The Balaban J connectivity index is 1.32. The highest BCUT2D eigenvalue weighted by molar-refractivity contribution is 5.89. The molecule has 3 aromatic rings. The number of nitrogens with zero attached hydrogens (tertiary/aromatic N) is 6. The molecule has 3 aliphatic heterocycles. The molecule has 3 saturated heterocycles. The van der Waals surface area contributed by atoms with E-state index in [9.17, 15) is 0 Å². The molecule has 3 aromatic heterocycles. The van der Waals surface area contributed by atoms with Crippen molar-refractivity contribution in [2.75, 3.05) is 29.4 Å². The number of aromatic amines is 1. The second-order valence-electron chi connectivity index (χ2n) is 8.58. The van der Waals surface area contributed by atoms with Crippen molar-refractivity contribution in [3.8, 4) is 11.3 Å². The predicted octanol–water partition coefficient (Wildman–Crippen LogP) is 2.34. The SMILES string of the molecule is C[C@@H]1CN(c2ccc(-c3n[nH]c4cnc(N5C6CCC5CC6)nc34)cn2)CCN1. The Morgan fingerprint density at radius 2 is 1.86 bits per heavy atom. The van der Waals surface area contributed by atoms with Crippen LogP contribution in [0.1, 0.15) is 32.6 Å². The van der Waals surface area contributed by atoms with Gasteiger partial charge in [0.2, 0.25) is 5.95 Å². The van der Waals surface area contributed by atoms with Crippen molar-refractivity contribution < 1.29 is 0 Å². The number of rotatable bonds is 3. The van der Waals surface area contributed by atoms with Crippen molar-refractivity contribution in [3.05, 3.63) is 24.5 Å². The topological polar surface area (TPSA) is 85.9 Å². The van der Waals surface area contributed by atoms with Crippen LogP contribution in [0.5, 0.6) is 0 Å². The summed E-state index contributed by atoms with van der Waals surface area (Å²) < 4.78 is 0. The van der Waals surface area contributed by atoms with Crippen LogP contribution in [-0.4, -0.2) is 62.9 Å². The van der Waals surface area contributed by atoms with Gasteiger partial charge in [-0.25, -0.2) is 15.0 Å². The highest BCUT2D eigenvalue weighted by atomic mass is 15.3. The van der Waals surface area contributed by atoms with Crippen molar-refractivity contribution in [1.82, 2.24) is 30.5 Å². The Bertz CT molecular complexity index is 1010. The summed E-state index contributed by atoms with van der Waals surface area (Å²) in [7, 11) is 0. The van der Waals surface area contributed by atoms with Gasteiger partial charge in [0.1, 0.15) is 22.5 Å². The van der Waals surface area contributed by atoms with Gasteiger partial charge in [0.05, 0.1) is 6.20 Å². The van der Waals surface area contributed by atoms with Crippen LogP contribution in [0, 0.1) is 0 Å². The minimum Gasteiger partial charge on any atom is -0.354 e. The first kappa shape index (κ1) is 17.1. The fraction of sp³-hybridized carbons (Fsp3) is 0.524. The molecular formula is C21H26N8. The molecule has 0 aliphatic carbocycles. The minimum absolute atomic E-state index is 0.483. The number of anilines is 2. The van der Waals surface area contributed by atoms with Crippen LogP contribution in [0.2, 0.25) is 0 Å². The maximum Gasteiger partial charge on any atom is 0.226 e. The van der Waals surface area contributed by atoms with Crippen LogP contribution in [0.3, 0.4) is 0 Å². The van der Waals surface area contributed by atoms with E-state index in [2.05, 4.69) is 49.4 Å². The van der Waals surface area contributed by atoms with Gasteiger partial charge in [-0.3, -0.25) is 5.10 Å². The van der Waals surface area contributed by atoms with Gasteiger partial charge in [-0.1, -0.05) is 0 Å². The largest absolute Gasteiger partial charge is 0.354 e. The predicted molar refractivity (Wildman–Crippen MR) is 113 cm³/mol. The summed E-state index contributed by atoms with van der Waals surface area (Å²) >= 11 is 0. The molecule has 0 amide bonds. The number of nitrogens with one attached hydrogen (secondary N) is 2. The molecule has 2 bridgehead atoms. The molecule has 2 N–H and O–H groups in total. The van der Waals surface area contributed by atoms with Crippen molar-refractivity contribution in [2.45, 2.75) is 50.7 Å². The van der Waals surface area contributed by atoms with Gasteiger partial charge in [-0.2, -0.15) is 5.10 Å². The van der Waals surface area contributed by atoms with Crippen molar-refractivity contribution >= 4 is 22.8 Å². The van der Waals surface area contributed by atoms with Crippen LogP contribution < -0.4 is 15.1 Å². The van der Waals surface area contributed by atoms with Gasteiger partial charge in [0.15, 0.2) is 0 Å². The minimum atomic E-state index is 0.483. The van der Waals surface area contributed by atoms with E-state index >= 15 is 0 Å². The zero-order valence-electron chi connectivity index (χ0n) is 16.7. The fourth-order valence-corrected chi connectivity index (χ4v) is 5.22. The smallest absolute Gasteiger partial charge is 0.226 e. The van der Waals surface area contributed by atoms with Gasteiger partial charge in [0.25, 0.3) is 0 Å². The fourth-order valence-electron chi connectivity index (χ4n) is 5.22. The van der Waals surface area contributed by atoms with Crippen LogP contribution in [-0.2, 0) is 0 Å². The summed E-state index contributed by atoms with van der Waals surface area (Å²) in [6, 6.07) is 5.89. The number of piperazine rings is 1. The highest BCUT2D eigenvalue weighted by Crippen LogP contribution is 2.40. The van der Waals surface area contributed by atoms with E-state index in [1.165, 1.54) is 25.7 Å². The number of pyridine rings is 1. The van der Waals surface area contributed by atoms with Crippen LogP contribution in [0.15, 0.2) is 24.5 Å². The quantitative estimate of drug-likeness (QED) is 0.710. The van der Waals surface area contributed by atoms with Crippen molar-refractivity contribution in [1.29, 1.82) is 0 Å². The van der Waals surface area contributed by atoms with Crippen LogP contribution in [0.4, 0.5) is 11.8 Å². The maximum atomic E-state index is 4.93. The average molecular weight is 390 g/mol. The zero-order chi connectivity index (χ0) is 19.4. The second kappa shape index (κ2) is 6.66. The third-order valence-corrected chi connectivity index (χ3v) is 6.69. The second-order valence-corrected chi connectivity index (χ2v) is 8.58. The Morgan fingerprint density at radius 1 is 1.03 bits per heavy atom. The molecule has 3 fully saturated rings. The first-order chi connectivity index (χ1) is 14.3. The summed E-state index contributed by atoms with van der Waals surface area (Å²) in [5.41, 5.74) is 3.59. The lowest BCUT2D eigenvalue weighted by Crippen LogP contribution is -2.49. The lowest BCUT2D eigenvalue weighted by Gasteiger charge is -2.32. The molecule has 6 rings (SSSR count). The first-order valence-corrected chi connectivity index (χ1v) is 10.7. The number of aromatic nitrogens is 5. The van der Waals surface area contributed by atoms with Crippen LogP contribution >= 0.6 is 0 Å². The maximum absolute atomic E-state index is 4.93. The molecular weight excluding hydrogens is 364 g/mol. The Labute approximate surface area is 169 Å². The molecule has 8 nitrogen and oxygen atoms in total. The van der Waals surface area contributed by atoms with Gasteiger partial charge < -0.3 is 15.1 Å². The molecule has 3 aliphatic rings. The van der Waals surface area contributed by atoms with Gasteiger partial charge in [0, 0.05) is 49.5 Å². The number of fused-ring (bicyclic) bond motifs is 3. The van der Waals surface area contributed by atoms with E-state index < -0.39 is 0 Å². The van der Waals surface area contributed by atoms with E-state index in [1.54, 1.807) is 0 Å². The summed E-state index contributed by atoms with van der Waals surface area (Å²) in [4.78, 5) is 19.1. The molecule has 6 heterocycles. The average Bonchev–Trinajstić information content (AvgIpc) is 3.47. The number of hydrogen-bond donors (Lipinski definition) is 2. The van der Waals surface area contributed by atoms with Gasteiger partial charge in [-0.15, -0.1) is 0 Å². The van der Waals surface area contributed by atoms with Gasteiger partial charge >= 0.3 is 0 Å². The molecule has 0 unspecified atom stereocenters. The van der Waals surface area contributed by atoms with E-state index in [0.717, 1.165) is 53.7 Å².